The fraction of sp³-hybridized carbons (Fsp3) is 0.467. The number of hydrogen-bond donors (Lipinski definition) is 0. The van der Waals surface area contributed by atoms with Gasteiger partial charge >= 0.3 is 12.1 Å². The minimum Gasteiger partial charge on any atom is -0.467 e. The molecule has 2 rings (SSSR count). The standard InChI is InChI=1S/C15H15ClF3NO3/c1-8(20-12(14(22)23-2)5-6-13(20)21)10-4-3-9(16)7-11(10)15(17,18)19/h3-4,7-8,12H,5-6H2,1-2H3. The zero-order chi connectivity index (χ0) is 17.4. The van der Waals surface area contributed by atoms with Crippen LogP contribution >= 0.6 is 11.6 Å². The van der Waals surface area contributed by atoms with Crippen molar-refractivity contribution < 1.29 is 27.5 Å². The topological polar surface area (TPSA) is 46.6 Å². The van der Waals surface area contributed by atoms with E-state index < -0.39 is 29.8 Å². The lowest BCUT2D eigenvalue weighted by Gasteiger charge is -2.31. The molecule has 2 atom stereocenters. The molecule has 1 aromatic carbocycles. The third kappa shape index (κ3) is 3.44. The second kappa shape index (κ2) is 6.39. The third-order valence-corrected chi connectivity index (χ3v) is 4.15. The summed E-state index contributed by atoms with van der Waals surface area (Å²) in [6.45, 7) is 1.46. The maximum atomic E-state index is 13.2. The van der Waals surface area contributed by atoms with E-state index in [0.717, 1.165) is 11.0 Å². The number of methoxy groups -OCH3 is 1. The van der Waals surface area contributed by atoms with Crippen molar-refractivity contribution in [2.75, 3.05) is 7.11 Å². The van der Waals surface area contributed by atoms with E-state index in [2.05, 4.69) is 4.74 Å². The van der Waals surface area contributed by atoms with Crippen LogP contribution in [-0.2, 0) is 20.5 Å². The molecule has 1 aliphatic rings. The van der Waals surface area contributed by atoms with E-state index in [0.29, 0.717) is 0 Å². The molecular formula is C15H15ClF3NO3. The van der Waals surface area contributed by atoms with Crippen molar-refractivity contribution in [1.29, 1.82) is 0 Å². The molecule has 0 spiro atoms. The Bertz CT molecular complexity index is 633. The van der Waals surface area contributed by atoms with Gasteiger partial charge in [-0.25, -0.2) is 4.79 Å². The van der Waals surface area contributed by atoms with Crippen LogP contribution in [0.4, 0.5) is 13.2 Å². The van der Waals surface area contributed by atoms with Crippen LogP contribution in [-0.4, -0.2) is 29.9 Å². The molecule has 0 aromatic heterocycles. The predicted molar refractivity (Wildman–Crippen MR) is 76.8 cm³/mol. The van der Waals surface area contributed by atoms with Crippen LogP contribution < -0.4 is 0 Å². The van der Waals surface area contributed by atoms with Crippen molar-refractivity contribution in [2.45, 2.75) is 38.0 Å². The average molecular weight is 350 g/mol. The minimum atomic E-state index is -4.61. The van der Waals surface area contributed by atoms with Gasteiger partial charge in [-0.15, -0.1) is 0 Å². The smallest absolute Gasteiger partial charge is 0.416 e. The Labute approximate surface area is 136 Å². The number of carbonyl (C=O) groups excluding carboxylic acids is 2. The van der Waals surface area contributed by atoms with Crippen LogP contribution in [0.25, 0.3) is 0 Å². The highest BCUT2D eigenvalue weighted by molar-refractivity contribution is 6.30. The van der Waals surface area contributed by atoms with Gasteiger partial charge < -0.3 is 9.64 Å². The van der Waals surface area contributed by atoms with E-state index in [4.69, 9.17) is 11.6 Å². The van der Waals surface area contributed by atoms with Gasteiger partial charge in [0.25, 0.3) is 0 Å². The Morgan fingerprint density at radius 3 is 2.65 bits per heavy atom. The highest BCUT2D eigenvalue weighted by atomic mass is 35.5. The van der Waals surface area contributed by atoms with Crippen LogP contribution in [0.2, 0.25) is 5.02 Å². The SMILES string of the molecule is COC(=O)C1CCC(=O)N1C(C)c1ccc(Cl)cc1C(F)(F)F. The summed E-state index contributed by atoms with van der Waals surface area (Å²) in [5.41, 5.74) is -1.02. The van der Waals surface area contributed by atoms with Crippen molar-refractivity contribution in [3.05, 3.63) is 34.3 Å². The van der Waals surface area contributed by atoms with Crippen LogP contribution in [0.5, 0.6) is 0 Å². The highest BCUT2D eigenvalue weighted by Gasteiger charge is 2.43. The molecule has 1 aromatic rings. The number of esters is 1. The Morgan fingerprint density at radius 2 is 2.09 bits per heavy atom. The molecule has 1 fully saturated rings. The summed E-state index contributed by atoms with van der Waals surface area (Å²) in [4.78, 5) is 25.0. The molecule has 1 amide bonds. The zero-order valence-electron chi connectivity index (χ0n) is 12.5. The maximum absolute atomic E-state index is 13.2. The first kappa shape index (κ1) is 17.6. The first-order chi connectivity index (χ1) is 10.7. The molecule has 1 saturated heterocycles. The van der Waals surface area contributed by atoms with E-state index in [1.807, 2.05) is 0 Å². The summed E-state index contributed by atoms with van der Waals surface area (Å²) in [6, 6.07) is 1.58. The van der Waals surface area contributed by atoms with Gasteiger partial charge in [-0.1, -0.05) is 17.7 Å². The largest absolute Gasteiger partial charge is 0.467 e. The molecule has 1 aliphatic heterocycles. The molecule has 23 heavy (non-hydrogen) atoms. The van der Waals surface area contributed by atoms with Crippen molar-refractivity contribution >= 4 is 23.5 Å². The number of halogens is 4. The van der Waals surface area contributed by atoms with E-state index >= 15 is 0 Å². The van der Waals surface area contributed by atoms with Crippen LogP contribution in [0.1, 0.15) is 36.9 Å². The summed E-state index contributed by atoms with van der Waals surface area (Å²) >= 11 is 5.66. The van der Waals surface area contributed by atoms with E-state index in [1.54, 1.807) is 0 Å². The van der Waals surface area contributed by atoms with Crippen molar-refractivity contribution in [1.82, 2.24) is 4.90 Å². The fourth-order valence-electron chi connectivity index (χ4n) is 2.84. The van der Waals surface area contributed by atoms with E-state index in [1.165, 1.54) is 26.2 Å². The van der Waals surface area contributed by atoms with Crippen molar-refractivity contribution in [2.24, 2.45) is 0 Å². The molecule has 4 nitrogen and oxygen atoms in total. The molecule has 8 heteroatoms. The van der Waals surface area contributed by atoms with Gasteiger partial charge in [0.15, 0.2) is 0 Å². The number of benzene rings is 1. The fourth-order valence-corrected chi connectivity index (χ4v) is 3.02. The van der Waals surface area contributed by atoms with Crippen LogP contribution in [0.15, 0.2) is 18.2 Å². The number of carbonyl (C=O) groups is 2. The molecule has 0 radical (unpaired) electrons. The lowest BCUT2D eigenvalue weighted by Crippen LogP contribution is -2.41. The molecule has 1 heterocycles. The van der Waals surface area contributed by atoms with Gasteiger partial charge in [-0.3, -0.25) is 4.79 Å². The van der Waals surface area contributed by atoms with Gasteiger partial charge in [0.05, 0.1) is 18.7 Å². The number of hydrogen-bond acceptors (Lipinski definition) is 3. The Morgan fingerprint density at radius 1 is 1.43 bits per heavy atom. The maximum Gasteiger partial charge on any atom is 0.416 e. The van der Waals surface area contributed by atoms with Crippen LogP contribution in [0.3, 0.4) is 0 Å². The number of rotatable bonds is 3. The molecule has 0 N–H and O–H groups in total. The molecule has 0 aliphatic carbocycles. The second-order valence-electron chi connectivity index (χ2n) is 5.28. The van der Waals surface area contributed by atoms with Crippen molar-refractivity contribution in [3.63, 3.8) is 0 Å². The number of nitrogens with zero attached hydrogens (tertiary/aromatic N) is 1. The van der Waals surface area contributed by atoms with Gasteiger partial charge in [-0.05, 0) is 31.0 Å². The van der Waals surface area contributed by atoms with Gasteiger partial charge in [0, 0.05) is 11.4 Å². The highest BCUT2D eigenvalue weighted by Crippen LogP contribution is 2.40. The van der Waals surface area contributed by atoms with E-state index in [9.17, 15) is 22.8 Å². The third-order valence-electron chi connectivity index (χ3n) is 3.92. The minimum absolute atomic E-state index is 0.0504. The Hall–Kier alpha value is -1.76. The quantitative estimate of drug-likeness (QED) is 0.784. The Balaban J connectivity index is 2.45. The second-order valence-corrected chi connectivity index (χ2v) is 5.72. The lowest BCUT2D eigenvalue weighted by atomic mass is 9.99. The van der Waals surface area contributed by atoms with Gasteiger partial charge in [0.1, 0.15) is 6.04 Å². The Kier molecular flexibility index (Phi) is 4.89. The zero-order valence-corrected chi connectivity index (χ0v) is 13.2. The van der Waals surface area contributed by atoms with Crippen LogP contribution in [0, 0.1) is 0 Å². The molecule has 126 valence electrons. The number of amides is 1. The summed E-state index contributed by atoms with van der Waals surface area (Å²) in [6.07, 6.45) is -4.29. The van der Waals surface area contributed by atoms with Gasteiger partial charge in [-0.2, -0.15) is 13.2 Å². The first-order valence-corrected chi connectivity index (χ1v) is 7.30. The normalized spacial score (nSPS) is 19.8. The summed E-state index contributed by atoms with van der Waals surface area (Å²) in [5.74, 6) is -1.01. The van der Waals surface area contributed by atoms with E-state index in [-0.39, 0.29) is 29.3 Å². The molecule has 0 bridgehead atoms. The molecular weight excluding hydrogens is 335 g/mol. The predicted octanol–water partition coefficient (Wildman–Crippen LogP) is 3.58. The molecule has 0 saturated carbocycles. The van der Waals surface area contributed by atoms with Gasteiger partial charge in [0.2, 0.25) is 5.91 Å². The summed E-state index contributed by atoms with van der Waals surface area (Å²) in [5, 5.41) is -0.0504. The summed E-state index contributed by atoms with van der Waals surface area (Å²) < 4.78 is 44.4. The number of likely N-dealkylation sites (tertiary alicyclic amines) is 1. The monoisotopic (exact) mass is 349 g/mol. The first-order valence-electron chi connectivity index (χ1n) is 6.92. The number of ether oxygens (including phenoxy) is 1. The van der Waals surface area contributed by atoms with Crippen molar-refractivity contribution in [3.8, 4) is 0 Å². The molecule has 2 unspecified atom stereocenters. The summed E-state index contributed by atoms with van der Waals surface area (Å²) in [7, 11) is 1.18. The average Bonchev–Trinajstić information content (AvgIpc) is 2.86. The number of alkyl halides is 3. The lowest BCUT2D eigenvalue weighted by molar-refractivity contribution is -0.151.